The summed E-state index contributed by atoms with van der Waals surface area (Å²) >= 11 is 0. The minimum atomic E-state index is -4.69. The van der Waals surface area contributed by atoms with Crippen LogP contribution in [0, 0.1) is 12.7 Å². The topological polar surface area (TPSA) is 89.0 Å². The zero-order valence-corrected chi connectivity index (χ0v) is 15.0. The minimum absolute atomic E-state index is 0.115. The molecule has 0 bridgehead atoms. The van der Waals surface area contributed by atoms with Crippen LogP contribution in [-0.4, -0.2) is 17.0 Å². The third-order valence-corrected chi connectivity index (χ3v) is 3.97. The SMILES string of the molecule is CNc1nc(NCc2ccc(F)cc2C(F)(F)F)c(N)c(-c2ccc(C)o2)n1. The molecule has 0 spiro atoms. The van der Waals surface area contributed by atoms with Crippen LogP contribution in [0.2, 0.25) is 0 Å². The van der Waals surface area contributed by atoms with E-state index >= 15 is 0 Å². The second-order valence-corrected chi connectivity index (χ2v) is 5.97. The summed E-state index contributed by atoms with van der Waals surface area (Å²) in [6.07, 6.45) is -4.69. The summed E-state index contributed by atoms with van der Waals surface area (Å²) in [6.45, 7) is 1.49. The van der Waals surface area contributed by atoms with Crippen molar-refractivity contribution in [2.24, 2.45) is 0 Å². The van der Waals surface area contributed by atoms with Gasteiger partial charge in [0.25, 0.3) is 0 Å². The molecule has 10 heteroatoms. The van der Waals surface area contributed by atoms with Crippen molar-refractivity contribution < 1.29 is 22.0 Å². The Hall–Kier alpha value is -3.30. The Morgan fingerprint density at radius 3 is 2.50 bits per heavy atom. The molecule has 6 nitrogen and oxygen atoms in total. The number of anilines is 3. The van der Waals surface area contributed by atoms with Crippen LogP contribution in [-0.2, 0) is 12.7 Å². The number of alkyl halides is 3. The molecular weight excluding hydrogens is 378 g/mol. The highest BCUT2D eigenvalue weighted by molar-refractivity contribution is 5.79. The third kappa shape index (κ3) is 4.00. The summed E-state index contributed by atoms with van der Waals surface area (Å²) in [4.78, 5) is 8.40. The number of nitrogen functional groups attached to an aromatic ring is 1. The van der Waals surface area contributed by atoms with E-state index < -0.39 is 17.6 Å². The maximum atomic E-state index is 13.3. The lowest BCUT2D eigenvalue weighted by molar-refractivity contribution is -0.138. The van der Waals surface area contributed by atoms with Gasteiger partial charge in [-0.05, 0) is 36.8 Å². The Morgan fingerprint density at radius 2 is 1.89 bits per heavy atom. The van der Waals surface area contributed by atoms with Crippen LogP contribution in [0.1, 0.15) is 16.9 Å². The van der Waals surface area contributed by atoms with Crippen LogP contribution in [0.4, 0.5) is 35.0 Å². The number of furan rings is 1. The van der Waals surface area contributed by atoms with E-state index in [2.05, 4.69) is 20.6 Å². The van der Waals surface area contributed by atoms with Gasteiger partial charge in [0.05, 0.1) is 5.56 Å². The smallest absolute Gasteiger partial charge is 0.416 e. The average molecular weight is 395 g/mol. The van der Waals surface area contributed by atoms with Gasteiger partial charge >= 0.3 is 6.18 Å². The molecule has 148 valence electrons. The molecule has 3 rings (SSSR count). The second kappa shape index (κ2) is 7.37. The van der Waals surface area contributed by atoms with Crippen LogP contribution in [0.15, 0.2) is 34.7 Å². The number of benzene rings is 1. The molecule has 0 saturated carbocycles. The molecule has 0 aliphatic heterocycles. The first-order chi connectivity index (χ1) is 13.2. The van der Waals surface area contributed by atoms with Gasteiger partial charge in [-0.2, -0.15) is 18.2 Å². The standard InChI is InChI=1S/C18H17F4N5O/c1-9-3-6-13(28-9)15-14(23)16(27-17(24-2)26-15)25-8-10-4-5-11(19)7-12(10)18(20,21)22/h3-7H,8,23H2,1-2H3,(H2,24,25,26,27). The fourth-order valence-corrected chi connectivity index (χ4v) is 2.61. The number of halogens is 4. The van der Waals surface area contributed by atoms with Gasteiger partial charge in [0, 0.05) is 13.6 Å². The zero-order chi connectivity index (χ0) is 20.5. The first-order valence-electron chi connectivity index (χ1n) is 8.20. The van der Waals surface area contributed by atoms with Gasteiger partial charge in [-0.3, -0.25) is 0 Å². The van der Waals surface area contributed by atoms with Crippen LogP contribution in [0.25, 0.3) is 11.5 Å². The maximum Gasteiger partial charge on any atom is 0.416 e. The predicted molar refractivity (Wildman–Crippen MR) is 97.2 cm³/mol. The van der Waals surface area contributed by atoms with Crippen molar-refractivity contribution in [3.8, 4) is 11.5 Å². The fraction of sp³-hybridized carbons (Fsp3) is 0.222. The quantitative estimate of drug-likeness (QED) is 0.554. The molecule has 0 unspecified atom stereocenters. The Kier molecular flexibility index (Phi) is 5.12. The molecular formula is C18H17F4N5O. The van der Waals surface area contributed by atoms with Crippen molar-refractivity contribution in [2.75, 3.05) is 23.4 Å². The normalized spacial score (nSPS) is 11.5. The summed E-state index contributed by atoms with van der Waals surface area (Å²) in [5.74, 6) is 0.409. The van der Waals surface area contributed by atoms with E-state index in [1.165, 1.54) is 0 Å². The molecule has 0 aliphatic rings. The van der Waals surface area contributed by atoms with E-state index in [9.17, 15) is 17.6 Å². The van der Waals surface area contributed by atoms with Crippen molar-refractivity contribution in [3.63, 3.8) is 0 Å². The van der Waals surface area contributed by atoms with Crippen molar-refractivity contribution in [1.82, 2.24) is 9.97 Å². The Labute approximate surface area is 157 Å². The summed E-state index contributed by atoms with van der Waals surface area (Å²) in [6, 6.07) is 5.90. The highest BCUT2D eigenvalue weighted by Crippen LogP contribution is 2.34. The second-order valence-electron chi connectivity index (χ2n) is 5.97. The Balaban J connectivity index is 1.96. The summed E-state index contributed by atoms with van der Waals surface area (Å²) in [7, 11) is 1.59. The molecule has 0 fully saturated rings. The van der Waals surface area contributed by atoms with E-state index in [1.54, 1.807) is 26.1 Å². The summed E-state index contributed by atoms with van der Waals surface area (Å²) < 4.78 is 58.3. The van der Waals surface area contributed by atoms with E-state index in [-0.39, 0.29) is 29.6 Å². The van der Waals surface area contributed by atoms with Crippen molar-refractivity contribution in [3.05, 3.63) is 53.0 Å². The monoisotopic (exact) mass is 395 g/mol. The number of nitrogens with one attached hydrogen (secondary N) is 2. The lowest BCUT2D eigenvalue weighted by atomic mass is 10.1. The van der Waals surface area contributed by atoms with Gasteiger partial charge < -0.3 is 20.8 Å². The third-order valence-electron chi connectivity index (χ3n) is 3.97. The van der Waals surface area contributed by atoms with Crippen LogP contribution < -0.4 is 16.4 Å². The van der Waals surface area contributed by atoms with Gasteiger partial charge in [-0.25, -0.2) is 9.37 Å². The highest BCUT2D eigenvalue weighted by atomic mass is 19.4. The molecule has 28 heavy (non-hydrogen) atoms. The van der Waals surface area contributed by atoms with Gasteiger partial charge in [0.15, 0.2) is 11.6 Å². The number of nitrogens with zero attached hydrogens (tertiary/aromatic N) is 2. The minimum Gasteiger partial charge on any atom is -0.460 e. The molecule has 0 radical (unpaired) electrons. The predicted octanol–water partition coefficient (Wildman–Crippen LogP) is 4.44. The molecule has 2 heterocycles. The fourth-order valence-electron chi connectivity index (χ4n) is 2.61. The molecule has 3 aromatic rings. The molecule has 0 saturated heterocycles. The van der Waals surface area contributed by atoms with E-state index in [1.807, 2.05) is 0 Å². The van der Waals surface area contributed by atoms with Gasteiger partial charge in [-0.1, -0.05) is 6.07 Å². The van der Waals surface area contributed by atoms with Crippen LogP contribution in [0.3, 0.4) is 0 Å². The van der Waals surface area contributed by atoms with Crippen molar-refractivity contribution >= 4 is 17.5 Å². The molecule has 0 aliphatic carbocycles. The van der Waals surface area contributed by atoms with Crippen molar-refractivity contribution in [1.29, 1.82) is 0 Å². The Morgan fingerprint density at radius 1 is 1.14 bits per heavy atom. The molecule has 0 atom stereocenters. The van der Waals surface area contributed by atoms with E-state index in [0.717, 1.165) is 12.1 Å². The molecule has 2 aromatic heterocycles. The van der Waals surface area contributed by atoms with Crippen LogP contribution in [0.5, 0.6) is 0 Å². The lowest BCUT2D eigenvalue weighted by Gasteiger charge is -2.16. The van der Waals surface area contributed by atoms with Gasteiger partial charge in [0.1, 0.15) is 23.0 Å². The van der Waals surface area contributed by atoms with Gasteiger partial charge in [0.2, 0.25) is 5.95 Å². The summed E-state index contributed by atoms with van der Waals surface area (Å²) in [5, 5.41) is 5.54. The maximum absolute atomic E-state index is 13.3. The first kappa shape index (κ1) is 19.5. The van der Waals surface area contributed by atoms with Crippen LogP contribution >= 0.6 is 0 Å². The van der Waals surface area contributed by atoms with E-state index in [4.69, 9.17) is 10.2 Å². The number of hydrogen-bond acceptors (Lipinski definition) is 6. The molecule has 1 aromatic carbocycles. The first-order valence-corrected chi connectivity index (χ1v) is 8.20. The lowest BCUT2D eigenvalue weighted by Crippen LogP contribution is -2.14. The number of aromatic nitrogens is 2. The average Bonchev–Trinajstić information content (AvgIpc) is 3.07. The summed E-state index contributed by atoms with van der Waals surface area (Å²) in [5.41, 5.74) is 5.30. The zero-order valence-electron chi connectivity index (χ0n) is 15.0. The largest absolute Gasteiger partial charge is 0.460 e. The number of hydrogen-bond donors (Lipinski definition) is 3. The number of rotatable bonds is 5. The Bertz CT molecular complexity index is 1000. The van der Waals surface area contributed by atoms with E-state index in [0.29, 0.717) is 23.3 Å². The van der Waals surface area contributed by atoms with Gasteiger partial charge in [-0.15, -0.1) is 0 Å². The molecule has 0 amide bonds. The number of nitrogens with two attached hydrogens (primary N) is 1. The molecule has 4 N–H and O–H groups in total. The number of aryl methyl sites for hydroxylation is 1. The van der Waals surface area contributed by atoms with Crippen molar-refractivity contribution in [2.45, 2.75) is 19.6 Å². The highest BCUT2D eigenvalue weighted by Gasteiger charge is 2.33.